The molecule has 1 amide bonds. The Hall–Kier alpha value is -2.14. The highest BCUT2D eigenvalue weighted by molar-refractivity contribution is 6.30. The van der Waals surface area contributed by atoms with Gasteiger partial charge < -0.3 is 5.32 Å². The Labute approximate surface area is 132 Å². The maximum Gasteiger partial charge on any atom is 0.266 e. The number of hydrogen-bond acceptors (Lipinski definition) is 3. The van der Waals surface area contributed by atoms with Gasteiger partial charge in [0.15, 0.2) is 0 Å². The van der Waals surface area contributed by atoms with Crippen molar-refractivity contribution in [2.45, 2.75) is 25.3 Å². The predicted octanol–water partition coefficient (Wildman–Crippen LogP) is 2.20. The Kier molecular flexibility index (Phi) is 4.24. The topological polar surface area (TPSA) is 64.0 Å². The minimum atomic E-state index is -0.214. The molecule has 1 aliphatic carbocycles. The lowest BCUT2D eigenvalue weighted by Gasteiger charge is -2.08. The smallest absolute Gasteiger partial charge is 0.266 e. The fraction of sp³-hybridized carbons (Fsp3) is 0.312. The van der Waals surface area contributed by atoms with Crippen molar-refractivity contribution in [2.24, 2.45) is 0 Å². The van der Waals surface area contributed by atoms with Crippen molar-refractivity contribution in [2.75, 3.05) is 6.54 Å². The fourth-order valence-corrected chi connectivity index (χ4v) is 2.42. The Morgan fingerprint density at radius 3 is 2.86 bits per heavy atom. The molecule has 1 N–H and O–H groups in total. The average Bonchev–Trinajstić information content (AvgIpc) is 3.34. The van der Waals surface area contributed by atoms with E-state index >= 15 is 0 Å². The lowest BCUT2D eigenvalue weighted by Crippen LogP contribution is -2.32. The minimum absolute atomic E-state index is 0.151. The fourth-order valence-electron chi connectivity index (χ4n) is 2.23. The van der Waals surface area contributed by atoms with Gasteiger partial charge in [0.1, 0.15) is 0 Å². The van der Waals surface area contributed by atoms with Crippen LogP contribution in [0.25, 0.3) is 0 Å². The Morgan fingerprint density at radius 1 is 1.32 bits per heavy atom. The van der Waals surface area contributed by atoms with Crippen LogP contribution in [0, 0.1) is 0 Å². The van der Waals surface area contributed by atoms with Crippen LogP contribution in [0.15, 0.2) is 41.2 Å². The first kappa shape index (κ1) is 14.8. The predicted molar refractivity (Wildman–Crippen MR) is 84.3 cm³/mol. The highest BCUT2D eigenvalue weighted by atomic mass is 35.5. The summed E-state index contributed by atoms with van der Waals surface area (Å²) in [4.78, 5) is 23.8. The SMILES string of the molecule is O=C(NCCn1nc(C2CC2)ccc1=O)c1cccc(Cl)c1. The molecule has 22 heavy (non-hydrogen) atoms. The standard InChI is InChI=1S/C16H16ClN3O2/c17-13-3-1-2-12(10-13)16(22)18-8-9-20-15(21)7-6-14(19-20)11-4-5-11/h1-3,6-7,10-11H,4-5,8-9H2,(H,18,22). The lowest BCUT2D eigenvalue weighted by molar-refractivity contribution is 0.0951. The molecular weight excluding hydrogens is 302 g/mol. The number of carbonyl (C=O) groups is 1. The van der Waals surface area contributed by atoms with Crippen LogP contribution in [0.2, 0.25) is 5.02 Å². The third kappa shape index (κ3) is 3.54. The summed E-state index contributed by atoms with van der Waals surface area (Å²) >= 11 is 5.86. The summed E-state index contributed by atoms with van der Waals surface area (Å²) in [5.41, 5.74) is 1.31. The third-order valence-electron chi connectivity index (χ3n) is 3.58. The average molecular weight is 318 g/mol. The van der Waals surface area contributed by atoms with E-state index in [4.69, 9.17) is 11.6 Å². The molecule has 1 aromatic carbocycles. The van der Waals surface area contributed by atoms with Gasteiger partial charge in [0, 0.05) is 29.1 Å². The van der Waals surface area contributed by atoms with Gasteiger partial charge in [0.05, 0.1) is 12.2 Å². The normalized spacial score (nSPS) is 13.9. The first-order chi connectivity index (χ1) is 10.6. The number of nitrogens with one attached hydrogen (secondary N) is 1. The van der Waals surface area contributed by atoms with Crippen molar-refractivity contribution in [3.05, 3.63) is 63.0 Å². The summed E-state index contributed by atoms with van der Waals surface area (Å²) in [5, 5.41) is 7.64. The summed E-state index contributed by atoms with van der Waals surface area (Å²) in [5.74, 6) is 0.279. The molecule has 6 heteroatoms. The molecule has 0 spiro atoms. The summed E-state index contributed by atoms with van der Waals surface area (Å²) in [6.45, 7) is 0.693. The quantitative estimate of drug-likeness (QED) is 0.919. The number of nitrogens with zero attached hydrogens (tertiary/aromatic N) is 2. The van der Waals surface area contributed by atoms with Crippen molar-refractivity contribution in [3.8, 4) is 0 Å². The molecule has 3 rings (SSSR count). The van der Waals surface area contributed by atoms with Gasteiger partial charge in [-0.2, -0.15) is 5.10 Å². The monoisotopic (exact) mass is 317 g/mol. The highest BCUT2D eigenvalue weighted by Crippen LogP contribution is 2.38. The highest BCUT2D eigenvalue weighted by Gasteiger charge is 2.25. The molecule has 1 aliphatic rings. The summed E-state index contributed by atoms with van der Waals surface area (Å²) in [6, 6.07) is 10.1. The van der Waals surface area contributed by atoms with E-state index in [9.17, 15) is 9.59 Å². The van der Waals surface area contributed by atoms with Crippen LogP contribution in [0.3, 0.4) is 0 Å². The van der Waals surface area contributed by atoms with Gasteiger partial charge in [-0.05, 0) is 37.1 Å². The largest absolute Gasteiger partial charge is 0.350 e. The van der Waals surface area contributed by atoms with E-state index in [1.54, 1.807) is 36.4 Å². The number of rotatable bonds is 5. The van der Waals surface area contributed by atoms with Crippen LogP contribution in [0.4, 0.5) is 0 Å². The van der Waals surface area contributed by atoms with Crippen molar-refractivity contribution in [3.63, 3.8) is 0 Å². The molecule has 0 atom stereocenters. The minimum Gasteiger partial charge on any atom is -0.350 e. The molecule has 2 aromatic rings. The van der Waals surface area contributed by atoms with Crippen LogP contribution in [0.1, 0.15) is 34.8 Å². The van der Waals surface area contributed by atoms with Gasteiger partial charge in [-0.3, -0.25) is 9.59 Å². The second-order valence-electron chi connectivity index (χ2n) is 5.36. The first-order valence-electron chi connectivity index (χ1n) is 7.25. The van der Waals surface area contributed by atoms with E-state index in [1.165, 1.54) is 4.68 Å². The second-order valence-corrected chi connectivity index (χ2v) is 5.80. The number of hydrogen-bond donors (Lipinski definition) is 1. The van der Waals surface area contributed by atoms with E-state index < -0.39 is 0 Å². The molecule has 1 heterocycles. The Morgan fingerprint density at radius 2 is 2.14 bits per heavy atom. The van der Waals surface area contributed by atoms with E-state index in [-0.39, 0.29) is 11.5 Å². The molecular formula is C16H16ClN3O2. The van der Waals surface area contributed by atoms with Crippen molar-refractivity contribution in [1.82, 2.24) is 15.1 Å². The van der Waals surface area contributed by atoms with Gasteiger partial charge in [-0.1, -0.05) is 17.7 Å². The Balaban J connectivity index is 1.60. The number of benzene rings is 1. The molecule has 0 bridgehead atoms. The molecule has 114 valence electrons. The van der Waals surface area contributed by atoms with Crippen molar-refractivity contribution < 1.29 is 4.79 Å². The third-order valence-corrected chi connectivity index (χ3v) is 3.81. The van der Waals surface area contributed by atoms with Crippen LogP contribution in [-0.2, 0) is 6.54 Å². The van der Waals surface area contributed by atoms with Crippen LogP contribution < -0.4 is 10.9 Å². The number of halogens is 1. The van der Waals surface area contributed by atoms with E-state index in [1.807, 2.05) is 0 Å². The van der Waals surface area contributed by atoms with Crippen LogP contribution in [-0.4, -0.2) is 22.2 Å². The zero-order valence-electron chi connectivity index (χ0n) is 12.0. The molecule has 1 aromatic heterocycles. The summed E-state index contributed by atoms with van der Waals surface area (Å²) < 4.78 is 1.41. The lowest BCUT2D eigenvalue weighted by atomic mass is 10.2. The van der Waals surface area contributed by atoms with Gasteiger partial charge in [-0.25, -0.2) is 4.68 Å². The maximum absolute atomic E-state index is 12.0. The van der Waals surface area contributed by atoms with E-state index in [0.29, 0.717) is 29.6 Å². The Bertz CT molecular complexity index is 753. The van der Waals surface area contributed by atoms with Crippen molar-refractivity contribution >= 4 is 17.5 Å². The summed E-state index contributed by atoms with van der Waals surface area (Å²) in [7, 11) is 0. The summed E-state index contributed by atoms with van der Waals surface area (Å²) in [6.07, 6.45) is 2.27. The zero-order valence-corrected chi connectivity index (χ0v) is 12.7. The van der Waals surface area contributed by atoms with Gasteiger partial charge in [0.25, 0.3) is 11.5 Å². The van der Waals surface area contributed by atoms with E-state index in [2.05, 4.69) is 10.4 Å². The van der Waals surface area contributed by atoms with Crippen LogP contribution in [0.5, 0.6) is 0 Å². The van der Waals surface area contributed by atoms with Crippen molar-refractivity contribution in [1.29, 1.82) is 0 Å². The van der Waals surface area contributed by atoms with E-state index in [0.717, 1.165) is 18.5 Å². The second kappa shape index (κ2) is 6.32. The van der Waals surface area contributed by atoms with Gasteiger partial charge in [-0.15, -0.1) is 0 Å². The molecule has 1 fully saturated rings. The number of aromatic nitrogens is 2. The first-order valence-corrected chi connectivity index (χ1v) is 7.63. The zero-order chi connectivity index (χ0) is 15.5. The molecule has 0 saturated heterocycles. The number of carbonyl (C=O) groups excluding carboxylic acids is 1. The van der Waals surface area contributed by atoms with Crippen LogP contribution >= 0.6 is 11.6 Å². The number of amides is 1. The van der Waals surface area contributed by atoms with Gasteiger partial charge >= 0.3 is 0 Å². The molecule has 1 saturated carbocycles. The van der Waals surface area contributed by atoms with Gasteiger partial charge in [0.2, 0.25) is 0 Å². The molecule has 0 unspecified atom stereocenters. The maximum atomic E-state index is 12.0. The molecule has 0 aliphatic heterocycles. The molecule has 5 nitrogen and oxygen atoms in total. The molecule has 0 radical (unpaired) electrons.